The number of methoxy groups -OCH3 is 1. The molecule has 3 N–H and O–H groups in total. The second kappa shape index (κ2) is 7.49. The lowest BCUT2D eigenvalue weighted by molar-refractivity contribution is 0.103. The summed E-state index contributed by atoms with van der Waals surface area (Å²) in [6.45, 7) is 1.92. The number of ether oxygens (including phenoxy) is 1. The maximum absolute atomic E-state index is 12.7. The van der Waals surface area contributed by atoms with E-state index in [4.69, 9.17) is 34.3 Å². The van der Waals surface area contributed by atoms with Crippen molar-refractivity contribution in [1.29, 1.82) is 0 Å². The largest absolute Gasteiger partial charge is 0.495 e. The predicted molar refractivity (Wildman–Crippen MR) is 110 cm³/mol. The second-order valence-corrected chi connectivity index (χ2v) is 7.58. The molecule has 5 nitrogen and oxygen atoms in total. The zero-order valence-electron chi connectivity index (χ0n) is 14.1. The average Bonchev–Trinajstić information content (AvgIpc) is 2.91. The zero-order valence-corrected chi connectivity index (χ0v) is 16.5. The Morgan fingerprint density at radius 1 is 1.31 bits per heavy atom. The van der Waals surface area contributed by atoms with Crippen LogP contribution in [0.25, 0.3) is 5.69 Å². The number of benzene rings is 2. The first kappa shape index (κ1) is 18.4. The normalized spacial score (nSPS) is 10.6. The monoisotopic (exact) mass is 405 g/mol. The molecule has 0 aliphatic heterocycles. The molecule has 26 heavy (non-hydrogen) atoms. The van der Waals surface area contributed by atoms with E-state index in [0.717, 1.165) is 22.6 Å². The van der Waals surface area contributed by atoms with Crippen LogP contribution in [0.4, 0.5) is 11.5 Å². The Kier molecular flexibility index (Phi) is 5.31. The number of nitrogen functional groups attached to an aromatic ring is 1. The highest BCUT2D eigenvalue weighted by molar-refractivity contribution is 7.73. The van der Waals surface area contributed by atoms with Gasteiger partial charge in [0.1, 0.15) is 16.4 Å². The van der Waals surface area contributed by atoms with Gasteiger partial charge in [0.2, 0.25) is 0 Å². The SMILES string of the molecule is COc1ccc(Cl)cc1-n1c(N)c(C(=O)Nc2ccccc2C)sc1=S. The standard InChI is InChI=1S/C18H16ClN3O2S2/c1-10-5-3-4-6-12(10)21-17(23)15-16(20)22(18(25)26-15)13-9-11(19)7-8-14(13)24-2/h3-9H,20H2,1-2H3,(H,21,23). The van der Waals surface area contributed by atoms with Gasteiger partial charge in [-0.2, -0.15) is 0 Å². The minimum atomic E-state index is -0.312. The summed E-state index contributed by atoms with van der Waals surface area (Å²) < 4.78 is 7.39. The number of para-hydroxylation sites is 1. The molecule has 8 heteroatoms. The van der Waals surface area contributed by atoms with E-state index in [1.807, 2.05) is 31.2 Å². The Morgan fingerprint density at radius 3 is 2.73 bits per heavy atom. The number of amides is 1. The van der Waals surface area contributed by atoms with Gasteiger partial charge in [-0.3, -0.25) is 9.36 Å². The van der Waals surface area contributed by atoms with E-state index in [1.165, 1.54) is 0 Å². The fraction of sp³-hybridized carbons (Fsp3) is 0.111. The van der Waals surface area contributed by atoms with Crippen molar-refractivity contribution in [2.24, 2.45) is 0 Å². The number of anilines is 2. The van der Waals surface area contributed by atoms with Crippen LogP contribution in [0.5, 0.6) is 5.75 Å². The molecule has 0 bridgehead atoms. The molecule has 0 spiro atoms. The molecule has 0 radical (unpaired) electrons. The first-order valence-electron chi connectivity index (χ1n) is 7.64. The molecule has 3 rings (SSSR count). The molecule has 0 aliphatic carbocycles. The third kappa shape index (κ3) is 3.46. The number of aromatic nitrogens is 1. The van der Waals surface area contributed by atoms with Crippen molar-refractivity contribution in [3.05, 3.63) is 61.9 Å². The van der Waals surface area contributed by atoms with E-state index in [9.17, 15) is 4.79 Å². The van der Waals surface area contributed by atoms with Gasteiger partial charge in [-0.15, -0.1) is 0 Å². The van der Waals surface area contributed by atoms with Gasteiger partial charge in [-0.1, -0.05) is 41.1 Å². The minimum absolute atomic E-state index is 0.242. The molecule has 0 aliphatic rings. The summed E-state index contributed by atoms with van der Waals surface area (Å²) in [5.74, 6) is 0.486. The van der Waals surface area contributed by atoms with E-state index in [1.54, 1.807) is 29.9 Å². The number of nitrogens with zero attached hydrogens (tertiary/aromatic N) is 1. The highest BCUT2D eigenvalue weighted by Crippen LogP contribution is 2.33. The molecule has 1 aromatic heterocycles. The molecule has 0 saturated carbocycles. The summed E-state index contributed by atoms with van der Waals surface area (Å²) in [5.41, 5.74) is 8.52. The molecule has 0 atom stereocenters. The van der Waals surface area contributed by atoms with Gasteiger partial charge in [0, 0.05) is 10.7 Å². The van der Waals surface area contributed by atoms with Gasteiger partial charge in [-0.05, 0) is 49.0 Å². The van der Waals surface area contributed by atoms with Crippen molar-refractivity contribution in [2.75, 3.05) is 18.2 Å². The third-order valence-electron chi connectivity index (χ3n) is 3.83. The molecular formula is C18H16ClN3O2S2. The lowest BCUT2D eigenvalue weighted by Gasteiger charge is -2.12. The first-order valence-corrected chi connectivity index (χ1v) is 9.25. The van der Waals surface area contributed by atoms with Crippen LogP contribution in [0.3, 0.4) is 0 Å². The fourth-order valence-corrected chi connectivity index (χ4v) is 3.92. The minimum Gasteiger partial charge on any atom is -0.495 e. The lowest BCUT2D eigenvalue weighted by atomic mass is 10.2. The number of carbonyl (C=O) groups excluding carboxylic acids is 1. The van der Waals surface area contributed by atoms with Crippen LogP contribution in [0.15, 0.2) is 42.5 Å². The molecule has 0 fully saturated rings. The summed E-state index contributed by atoms with van der Waals surface area (Å²) in [4.78, 5) is 13.0. The van der Waals surface area contributed by atoms with Crippen LogP contribution in [-0.2, 0) is 0 Å². The number of hydrogen-bond acceptors (Lipinski definition) is 5. The second-order valence-electron chi connectivity index (χ2n) is 5.50. The van der Waals surface area contributed by atoms with Crippen molar-refractivity contribution in [2.45, 2.75) is 6.92 Å². The average molecular weight is 406 g/mol. The number of thiazole rings is 1. The van der Waals surface area contributed by atoms with Crippen LogP contribution in [0.2, 0.25) is 5.02 Å². The quantitative estimate of drug-likeness (QED) is 0.594. The molecular weight excluding hydrogens is 390 g/mol. The molecule has 2 aromatic carbocycles. The number of rotatable bonds is 4. The number of carbonyl (C=O) groups is 1. The number of hydrogen-bond donors (Lipinski definition) is 2. The molecule has 3 aromatic rings. The van der Waals surface area contributed by atoms with E-state index in [2.05, 4.69) is 5.32 Å². The number of nitrogens with two attached hydrogens (primary N) is 1. The van der Waals surface area contributed by atoms with E-state index in [0.29, 0.717) is 25.3 Å². The van der Waals surface area contributed by atoms with Crippen LogP contribution in [0, 0.1) is 10.9 Å². The number of nitrogens with one attached hydrogen (secondary N) is 1. The fourth-order valence-electron chi connectivity index (χ4n) is 2.51. The van der Waals surface area contributed by atoms with Crippen LogP contribution in [-0.4, -0.2) is 17.6 Å². The Morgan fingerprint density at radius 2 is 2.04 bits per heavy atom. The van der Waals surface area contributed by atoms with E-state index >= 15 is 0 Å². The maximum atomic E-state index is 12.7. The first-order chi connectivity index (χ1) is 12.4. The summed E-state index contributed by atoms with van der Waals surface area (Å²) in [7, 11) is 1.55. The Hall–Kier alpha value is -2.35. The van der Waals surface area contributed by atoms with Gasteiger partial charge in [0.05, 0.1) is 12.8 Å². The van der Waals surface area contributed by atoms with E-state index in [-0.39, 0.29) is 11.7 Å². The third-order valence-corrected chi connectivity index (χ3v) is 5.45. The van der Waals surface area contributed by atoms with Crippen molar-refractivity contribution < 1.29 is 9.53 Å². The van der Waals surface area contributed by atoms with Crippen molar-refractivity contribution in [3.63, 3.8) is 0 Å². The summed E-state index contributed by atoms with van der Waals surface area (Å²) in [6.07, 6.45) is 0. The Bertz CT molecular complexity index is 1040. The van der Waals surface area contributed by atoms with Crippen molar-refractivity contribution in [3.8, 4) is 11.4 Å². The van der Waals surface area contributed by atoms with Gasteiger partial charge >= 0.3 is 0 Å². The highest BCUT2D eigenvalue weighted by Gasteiger charge is 2.20. The maximum Gasteiger partial charge on any atom is 0.269 e. The molecule has 0 saturated heterocycles. The molecule has 134 valence electrons. The smallest absolute Gasteiger partial charge is 0.269 e. The summed E-state index contributed by atoms with van der Waals surface area (Å²) in [6, 6.07) is 12.7. The van der Waals surface area contributed by atoms with Crippen LogP contribution >= 0.6 is 35.2 Å². The Labute approximate surface area is 165 Å². The number of halogens is 1. The Balaban J connectivity index is 2.04. The van der Waals surface area contributed by atoms with Gasteiger partial charge in [0.15, 0.2) is 3.95 Å². The van der Waals surface area contributed by atoms with Crippen LogP contribution in [0.1, 0.15) is 15.2 Å². The molecule has 0 unspecified atom stereocenters. The van der Waals surface area contributed by atoms with E-state index < -0.39 is 0 Å². The summed E-state index contributed by atoms with van der Waals surface area (Å²) >= 11 is 12.7. The highest BCUT2D eigenvalue weighted by atomic mass is 35.5. The van der Waals surface area contributed by atoms with Crippen molar-refractivity contribution >= 4 is 52.6 Å². The predicted octanol–water partition coefficient (Wildman–Crippen LogP) is 5.07. The van der Waals surface area contributed by atoms with Gasteiger partial charge in [-0.25, -0.2) is 0 Å². The van der Waals surface area contributed by atoms with Crippen LogP contribution < -0.4 is 15.8 Å². The molecule has 1 amide bonds. The molecule has 1 heterocycles. The number of aryl methyl sites for hydroxylation is 1. The van der Waals surface area contributed by atoms with Gasteiger partial charge in [0.25, 0.3) is 5.91 Å². The zero-order chi connectivity index (χ0) is 18.8. The van der Waals surface area contributed by atoms with Crippen molar-refractivity contribution in [1.82, 2.24) is 4.57 Å². The lowest BCUT2D eigenvalue weighted by Crippen LogP contribution is -2.14. The topological polar surface area (TPSA) is 69.3 Å². The summed E-state index contributed by atoms with van der Waals surface area (Å²) in [5, 5.41) is 3.39. The van der Waals surface area contributed by atoms with Gasteiger partial charge < -0.3 is 15.8 Å².